The summed E-state index contributed by atoms with van der Waals surface area (Å²) in [6, 6.07) is 5.53. The van der Waals surface area contributed by atoms with Crippen LogP contribution in [0.3, 0.4) is 0 Å². The molecule has 1 saturated heterocycles. The Morgan fingerprint density at radius 2 is 1.86 bits per heavy atom. The molecular weight excluding hydrogens is 358 g/mol. The van der Waals surface area contributed by atoms with Gasteiger partial charge in [0.05, 0.1) is 16.9 Å². The fourth-order valence-corrected chi connectivity index (χ4v) is 4.77. The summed E-state index contributed by atoms with van der Waals surface area (Å²) in [5.74, 6) is -0.0697. The first kappa shape index (κ1) is 19.1. The molecule has 0 saturated carbocycles. The van der Waals surface area contributed by atoms with E-state index in [1.54, 1.807) is 4.90 Å². The Bertz CT molecular complexity index is 856. The molecule has 3 heterocycles. The predicted octanol–water partition coefficient (Wildman–Crippen LogP) is 3.57. The Kier molecular flexibility index (Phi) is 3.83. The van der Waals surface area contributed by atoms with Gasteiger partial charge in [0.2, 0.25) is 0 Å². The van der Waals surface area contributed by atoms with Crippen LogP contribution >= 0.6 is 0 Å². The van der Waals surface area contributed by atoms with Crippen molar-refractivity contribution in [3.8, 4) is 0 Å². The van der Waals surface area contributed by atoms with Crippen molar-refractivity contribution in [3.63, 3.8) is 0 Å². The van der Waals surface area contributed by atoms with Gasteiger partial charge >= 0.3 is 6.09 Å². The molecule has 0 spiro atoms. The minimum absolute atomic E-state index is 0.0697. The highest BCUT2D eigenvalue weighted by Gasteiger charge is 2.60. The zero-order valence-electron chi connectivity index (χ0n) is 17.7. The second-order valence-electron chi connectivity index (χ2n) is 9.70. The molecule has 152 valence electrons. The van der Waals surface area contributed by atoms with Crippen molar-refractivity contribution in [3.05, 3.63) is 23.8 Å². The molecule has 1 fully saturated rings. The third kappa shape index (κ3) is 2.67. The number of fused-ring (bicyclic) bond motifs is 2. The summed E-state index contributed by atoms with van der Waals surface area (Å²) < 4.78 is 11.9. The molecule has 0 N–H and O–H groups in total. The standard InChI is InChI=1S/C21H29N3O4/c1-19(2,3)27-18(26)22-11-12-23-15-13(9-8-10-14(15)22)16(25)24-17(23)20(4,5)28-21(24,6)7/h8-10,17H,11-12H2,1-7H3. The second kappa shape index (κ2) is 5.63. The zero-order valence-corrected chi connectivity index (χ0v) is 17.7. The lowest BCUT2D eigenvalue weighted by molar-refractivity contribution is -0.0951. The van der Waals surface area contributed by atoms with E-state index in [0.29, 0.717) is 24.3 Å². The van der Waals surface area contributed by atoms with Crippen LogP contribution < -0.4 is 9.80 Å². The van der Waals surface area contributed by atoms with Gasteiger partial charge in [-0.2, -0.15) is 0 Å². The number of nitrogens with zero attached hydrogens (tertiary/aromatic N) is 3. The van der Waals surface area contributed by atoms with E-state index in [2.05, 4.69) is 4.90 Å². The molecular formula is C21H29N3O4. The van der Waals surface area contributed by atoms with Gasteiger partial charge < -0.3 is 14.4 Å². The molecule has 7 nitrogen and oxygen atoms in total. The third-order valence-electron chi connectivity index (χ3n) is 5.47. The van der Waals surface area contributed by atoms with Crippen LogP contribution in [-0.2, 0) is 9.47 Å². The maximum Gasteiger partial charge on any atom is 0.414 e. The lowest BCUT2D eigenvalue weighted by Gasteiger charge is -2.50. The molecule has 0 radical (unpaired) electrons. The SMILES string of the molecule is CC(C)(C)OC(=O)N1CCN2c3c(cccc31)C(=O)N1C2C(C)(C)OC1(C)C. The molecule has 0 aliphatic carbocycles. The van der Waals surface area contributed by atoms with Crippen molar-refractivity contribution in [1.29, 1.82) is 0 Å². The van der Waals surface area contributed by atoms with E-state index in [9.17, 15) is 9.59 Å². The number of anilines is 2. The highest BCUT2D eigenvalue weighted by Crippen LogP contribution is 2.50. The van der Waals surface area contributed by atoms with Crippen LogP contribution in [0.5, 0.6) is 0 Å². The fraction of sp³-hybridized carbons (Fsp3) is 0.619. The maximum absolute atomic E-state index is 13.4. The number of hydrogen-bond acceptors (Lipinski definition) is 5. The first-order valence-corrected chi connectivity index (χ1v) is 9.77. The van der Waals surface area contributed by atoms with Crippen molar-refractivity contribution < 1.29 is 19.1 Å². The summed E-state index contributed by atoms with van der Waals surface area (Å²) >= 11 is 0. The van der Waals surface area contributed by atoms with Gasteiger partial charge in [-0.1, -0.05) is 6.07 Å². The highest BCUT2D eigenvalue weighted by molar-refractivity contribution is 6.08. The second-order valence-corrected chi connectivity index (χ2v) is 9.70. The minimum Gasteiger partial charge on any atom is -0.443 e. The average Bonchev–Trinajstić information content (AvgIpc) is 2.74. The highest BCUT2D eigenvalue weighted by atomic mass is 16.6. The van der Waals surface area contributed by atoms with E-state index in [1.165, 1.54) is 0 Å². The van der Waals surface area contributed by atoms with Crippen molar-refractivity contribution in [2.24, 2.45) is 0 Å². The van der Waals surface area contributed by atoms with E-state index in [0.717, 1.165) is 5.69 Å². The molecule has 3 aliphatic rings. The fourth-order valence-electron chi connectivity index (χ4n) is 4.77. The number of carbonyl (C=O) groups excluding carboxylic acids is 2. The number of rotatable bonds is 0. The molecule has 1 aromatic rings. The Morgan fingerprint density at radius 1 is 1.18 bits per heavy atom. The molecule has 3 aliphatic heterocycles. The summed E-state index contributed by atoms with van der Waals surface area (Å²) in [4.78, 5) is 31.9. The lowest BCUT2D eigenvalue weighted by atomic mass is 9.94. The van der Waals surface area contributed by atoms with Gasteiger partial charge in [0.25, 0.3) is 5.91 Å². The molecule has 7 heteroatoms. The summed E-state index contributed by atoms with van der Waals surface area (Å²) in [6.07, 6.45) is -0.623. The van der Waals surface area contributed by atoms with Gasteiger partial charge in [-0.3, -0.25) is 14.6 Å². The number of ether oxygens (including phenoxy) is 2. The smallest absolute Gasteiger partial charge is 0.414 e. The van der Waals surface area contributed by atoms with Crippen LogP contribution in [0.1, 0.15) is 58.8 Å². The number of hydrogen-bond donors (Lipinski definition) is 0. The average molecular weight is 387 g/mol. The van der Waals surface area contributed by atoms with Crippen LogP contribution in [0.2, 0.25) is 0 Å². The predicted molar refractivity (Wildman–Crippen MR) is 107 cm³/mol. The topological polar surface area (TPSA) is 62.3 Å². The number of carbonyl (C=O) groups is 2. The molecule has 4 rings (SSSR count). The van der Waals surface area contributed by atoms with Crippen molar-refractivity contribution in [1.82, 2.24) is 4.90 Å². The largest absolute Gasteiger partial charge is 0.443 e. The summed E-state index contributed by atoms with van der Waals surface area (Å²) in [5, 5.41) is 0. The first-order chi connectivity index (χ1) is 12.8. The number of para-hydroxylation sites is 1. The quantitative estimate of drug-likeness (QED) is 0.681. The van der Waals surface area contributed by atoms with Crippen LogP contribution in [-0.4, -0.2) is 53.1 Å². The van der Waals surface area contributed by atoms with Crippen molar-refractivity contribution in [2.45, 2.75) is 71.6 Å². The zero-order chi connectivity index (χ0) is 20.6. The van der Waals surface area contributed by atoms with Crippen LogP contribution in [0.15, 0.2) is 18.2 Å². The van der Waals surface area contributed by atoms with E-state index < -0.39 is 23.0 Å². The minimum atomic E-state index is -0.707. The summed E-state index contributed by atoms with van der Waals surface area (Å²) in [5.41, 5.74) is 0.267. The van der Waals surface area contributed by atoms with Crippen LogP contribution in [0.4, 0.5) is 16.2 Å². The molecule has 1 unspecified atom stereocenters. The Hall–Kier alpha value is -2.28. The lowest BCUT2D eigenvalue weighted by Crippen LogP contribution is -2.64. The van der Waals surface area contributed by atoms with Gasteiger partial charge in [0.15, 0.2) is 0 Å². The maximum atomic E-state index is 13.4. The molecule has 0 bridgehead atoms. The van der Waals surface area contributed by atoms with Gasteiger partial charge in [-0.15, -0.1) is 0 Å². The van der Waals surface area contributed by atoms with Gasteiger partial charge in [0.1, 0.15) is 23.1 Å². The molecule has 0 aromatic heterocycles. The van der Waals surface area contributed by atoms with E-state index in [1.807, 2.05) is 71.6 Å². The van der Waals surface area contributed by atoms with Gasteiger partial charge in [0, 0.05) is 13.1 Å². The first-order valence-electron chi connectivity index (χ1n) is 9.77. The monoisotopic (exact) mass is 387 g/mol. The summed E-state index contributed by atoms with van der Waals surface area (Å²) in [6.45, 7) is 14.5. The molecule has 2 amide bonds. The van der Waals surface area contributed by atoms with Crippen LogP contribution in [0.25, 0.3) is 0 Å². The van der Waals surface area contributed by atoms with E-state index in [4.69, 9.17) is 9.47 Å². The summed E-state index contributed by atoms with van der Waals surface area (Å²) in [7, 11) is 0. The van der Waals surface area contributed by atoms with Crippen LogP contribution in [0, 0.1) is 0 Å². The Labute approximate surface area is 166 Å². The Balaban J connectivity index is 1.83. The van der Waals surface area contributed by atoms with Gasteiger partial charge in [-0.05, 0) is 60.6 Å². The van der Waals surface area contributed by atoms with Gasteiger partial charge in [-0.25, -0.2) is 4.79 Å². The number of benzene rings is 1. The van der Waals surface area contributed by atoms with Crippen molar-refractivity contribution in [2.75, 3.05) is 22.9 Å². The third-order valence-corrected chi connectivity index (χ3v) is 5.47. The number of amides is 2. The Morgan fingerprint density at radius 3 is 2.50 bits per heavy atom. The molecule has 1 atom stereocenters. The van der Waals surface area contributed by atoms with E-state index >= 15 is 0 Å². The molecule has 1 aromatic carbocycles. The molecule has 28 heavy (non-hydrogen) atoms. The van der Waals surface area contributed by atoms with E-state index in [-0.39, 0.29) is 12.1 Å². The van der Waals surface area contributed by atoms with Crippen molar-refractivity contribution >= 4 is 23.4 Å². The normalized spacial score (nSPS) is 24.8.